The summed E-state index contributed by atoms with van der Waals surface area (Å²) in [5.74, 6) is -0.417. The number of carbonyl (C=O) groups excluding carboxylic acids is 2. The first-order chi connectivity index (χ1) is 8.80. The lowest BCUT2D eigenvalue weighted by Gasteiger charge is -2.39. The number of esters is 1. The summed E-state index contributed by atoms with van der Waals surface area (Å²) in [5, 5.41) is 0. The van der Waals surface area contributed by atoms with E-state index in [2.05, 4.69) is 0 Å². The van der Waals surface area contributed by atoms with Gasteiger partial charge in [0, 0.05) is 7.11 Å². The van der Waals surface area contributed by atoms with E-state index in [0.717, 1.165) is 6.42 Å². The van der Waals surface area contributed by atoms with E-state index in [0.29, 0.717) is 12.8 Å². The van der Waals surface area contributed by atoms with E-state index in [1.54, 1.807) is 20.8 Å². The van der Waals surface area contributed by atoms with Crippen LogP contribution in [0, 0.1) is 0 Å². The van der Waals surface area contributed by atoms with Crippen LogP contribution in [0.2, 0.25) is 0 Å². The van der Waals surface area contributed by atoms with Gasteiger partial charge in [0.05, 0.1) is 7.11 Å². The van der Waals surface area contributed by atoms with Crippen LogP contribution < -0.4 is 0 Å². The van der Waals surface area contributed by atoms with Crippen molar-refractivity contribution < 1.29 is 23.8 Å². The molecule has 1 amide bonds. The van der Waals surface area contributed by atoms with E-state index >= 15 is 0 Å². The van der Waals surface area contributed by atoms with Gasteiger partial charge in [0.25, 0.3) is 0 Å². The molecule has 0 N–H and O–H groups in total. The highest BCUT2D eigenvalue weighted by molar-refractivity contribution is 5.82. The number of amides is 1. The van der Waals surface area contributed by atoms with E-state index < -0.39 is 29.9 Å². The van der Waals surface area contributed by atoms with Crippen LogP contribution >= 0.6 is 0 Å². The number of piperidine rings is 1. The molecule has 1 fully saturated rings. The molecule has 2 atom stereocenters. The highest BCUT2D eigenvalue weighted by Gasteiger charge is 2.41. The molecule has 6 nitrogen and oxygen atoms in total. The van der Waals surface area contributed by atoms with Crippen molar-refractivity contribution in [2.75, 3.05) is 14.2 Å². The average Bonchev–Trinajstić information content (AvgIpc) is 2.34. The lowest BCUT2D eigenvalue weighted by molar-refractivity contribution is -0.169. The third-order valence-electron chi connectivity index (χ3n) is 2.91. The molecule has 0 aromatic heterocycles. The fraction of sp³-hybridized carbons (Fsp3) is 0.846. The number of nitrogens with zero attached hydrogens (tertiary/aromatic N) is 1. The van der Waals surface area contributed by atoms with Crippen LogP contribution in [0.3, 0.4) is 0 Å². The molecule has 0 aromatic rings. The lowest BCUT2D eigenvalue weighted by Crippen LogP contribution is -2.55. The quantitative estimate of drug-likeness (QED) is 0.719. The number of methoxy groups -OCH3 is 2. The van der Waals surface area contributed by atoms with Crippen molar-refractivity contribution in [3.05, 3.63) is 0 Å². The molecule has 1 heterocycles. The smallest absolute Gasteiger partial charge is 0.412 e. The average molecular weight is 273 g/mol. The molecule has 6 heteroatoms. The Bertz CT molecular complexity index is 336. The normalized spacial score (nSPS) is 23.9. The minimum atomic E-state index is -0.648. The first-order valence-electron chi connectivity index (χ1n) is 6.42. The Labute approximate surface area is 114 Å². The van der Waals surface area contributed by atoms with Gasteiger partial charge in [-0.2, -0.15) is 0 Å². The number of hydrogen-bond donors (Lipinski definition) is 0. The topological polar surface area (TPSA) is 65.1 Å². The molecule has 0 bridgehead atoms. The van der Waals surface area contributed by atoms with Crippen LogP contribution in [-0.4, -0.2) is 49.1 Å². The van der Waals surface area contributed by atoms with Gasteiger partial charge >= 0.3 is 12.1 Å². The number of rotatable bonds is 2. The van der Waals surface area contributed by atoms with Crippen molar-refractivity contribution in [1.29, 1.82) is 0 Å². The van der Waals surface area contributed by atoms with Crippen molar-refractivity contribution >= 4 is 12.1 Å². The SMILES string of the molecule is COC(=O)N1C(OC)CCC[C@H]1C(=O)OC(C)(C)C. The highest BCUT2D eigenvalue weighted by Crippen LogP contribution is 2.26. The van der Waals surface area contributed by atoms with Crippen molar-refractivity contribution in [2.45, 2.75) is 57.9 Å². The predicted octanol–water partition coefficient (Wildman–Crippen LogP) is 1.92. The molecule has 1 unspecified atom stereocenters. The largest absolute Gasteiger partial charge is 0.458 e. The van der Waals surface area contributed by atoms with Crippen molar-refractivity contribution in [3.8, 4) is 0 Å². The minimum Gasteiger partial charge on any atom is -0.458 e. The van der Waals surface area contributed by atoms with Crippen LogP contribution in [0.15, 0.2) is 0 Å². The van der Waals surface area contributed by atoms with Crippen LogP contribution in [0.1, 0.15) is 40.0 Å². The maximum Gasteiger partial charge on any atom is 0.412 e. The summed E-state index contributed by atoms with van der Waals surface area (Å²) in [6.45, 7) is 5.39. The van der Waals surface area contributed by atoms with Crippen LogP contribution in [0.25, 0.3) is 0 Å². The van der Waals surface area contributed by atoms with Gasteiger partial charge < -0.3 is 14.2 Å². The molecule has 1 aliphatic heterocycles. The van der Waals surface area contributed by atoms with Gasteiger partial charge in [0.1, 0.15) is 17.9 Å². The van der Waals surface area contributed by atoms with E-state index in [4.69, 9.17) is 14.2 Å². The summed E-state index contributed by atoms with van der Waals surface area (Å²) in [6.07, 6.45) is 1.03. The van der Waals surface area contributed by atoms with Gasteiger partial charge in [-0.25, -0.2) is 9.59 Å². The zero-order chi connectivity index (χ0) is 14.6. The fourth-order valence-electron chi connectivity index (χ4n) is 2.15. The molecule has 1 rings (SSSR count). The summed E-state index contributed by atoms with van der Waals surface area (Å²) >= 11 is 0. The zero-order valence-corrected chi connectivity index (χ0v) is 12.3. The Hall–Kier alpha value is -1.30. The van der Waals surface area contributed by atoms with Crippen LogP contribution in [0.4, 0.5) is 4.79 Å². The van der Waals surface area contributed by atoms with E-state index in [-0.39, 0.29) is 0 Å². The summed E-state index contributed by atoms with van der Waals surface area (Å²) in [6, 6.07) is -0.648. The summed E-state index contributed by atoms with van der Waals surface area (Å²) in [4.78, 5) is 25.3. The predicted molar refractivity (Wildman–Crippen MR) is 68.5 cm³/mol. The van der Waals surface area contributed by atoms with Gasteiger partial charge in [-0.3, -0.25) is 4.90 Å². The number of carbonyl (C=O) groups is 2. The molecular formula is C13H23NO5. The second-order valence-electron chi connectivity index (χ2n) is 5.55. The Kier molecular flexibility index (Phi) is 5.17. The Morgan fingerprint density at radius 1 is 1.16 bits per heavy atom. The molecule has 0 saturated carbocycles. The molecule has 19 heavy (non-hydrogen) atoms. The second-order valence-corrected chi connectivity index (χ2v) is 5.55. The first kappa shape index (κ1) is 15.8. The van der Waals surface area contributed by atoms with Crippen molar-refractivity contribution in [3.63, 3.8) is 0 Å². The van der Waals surface area contributed by atoms with Crippen molar-refractivity contribution in [2.24, 2.45) is 0 Å². The molecular weight excluding hydrogens is 250 g/mol. The van der Waals surface area contributed by atoms with E-state index in [1.165, 1.54) is 19.1 Å². The maximum atomic E-state index is 12.2. The Morgan fingerprint density at radius 2 is 1.79 bits per heavy atom. The zero-order valence-electron chi connectivity index (χ0n) is 12.3. The minimum absolute atomic E-state index is 0.417. The Morgan fingerprint density at radius 3 is 2.26 bits per heavy atom. The summed E-state index contributed by atoms with van der Waals surface area (Å²) in [7, 11) is 2.80. The molecule has 1 aliphatic rings. The van der Waals surface area contributed by atoms with E-state index in [9.17, 15) is 9.59 Å². The van der Waals surface area contributed by atoms with Gasteiger partial charge in [-0.1, -0.05) is 0 Å². The molecule has 0 aliphatic carbocycles. The highest BCUT2D eigenvalue weighted by atomic mass is 16.6. The van der Waals surface area contributed by atoms with Gasteiger partial charge in [-0.15, -0.1) is 0 Å². The standard InChI is InChI=1S/C13H23NO5/c1-13(2,3)19-11(15)9-7-6-8-10(17-4)14(9)12(16)18-5/h9-10H,6-8H2,1-5H3/t9-,10?/m0/s1. The molecule has 0 radical (unpaired) electrons. The van der Waals surface area contributed by atoms with Gasteiger partial charge in [-0.05, 0) is 40.0 Å². The molecule has 110 valence electrons. The number of hydrogen-bond acceptors (Lipinski definition) is 5. The molecule has 0 spiro atoms. The maximum absolute atomic E-state index is 12.2. The third-order valence-corrected chi connectivity index (χ3v) is 2.91. The van der Waals surface area contributed by atoms with Crippen molar-refractivity contribution in [1.82, 2.24) is 4.90 Å². The number of ether oxygens (including phenoxy) is 3. The lowest BCUT2D eigenvalue weighted by atomic mass is 10.0. The van der Waals surface area contributed by atoms with Crippen LogP contribution in [-0.2, 0) is 19.0 Å². The second kappa shape index (κ2) is 6.23. The summed E-state index contributed by atoms with van der Waals surface area (Å²) in [5.41, 5.74) is -0.584. The summed E-state index contributed by atoms with van der Waals surface area (Å²) < 4.78 is 15.3. The third kappa shape index (κ3) is 4.09. The van der Waals surface area contributed by atoms with E-state index in [1.807, 2.05) is 0 Å². The molecule has 1 saturated heterocycles. The first-order valence-corrected chi connectivity index (χ1v) is 6.42. The van der Waals surface area contributed by atoms with Gasteiger partial charge in [0.2, 0.25) is 0 Å². The molecule has 0 aromatic carbocycles. The Balaban J connectivity index is 2.88. The van der Waals surface area contributed by atoms with Crippen LogP contribution in [0.5, 0.6) is 0 Å². The monoisotopic (exact) mass is 273 g/mol. The fourth-order valence-corrected chi connectivity index (χ4v) is 2.15. The number of likely N-dealkylation sites (tertiary alicyclic amines) is 1. The van der Waals surface area contributed by atoms with Gasteiger partial charge in [0.15, 0.2) is 0 Å².